The first-order valence-electron chi connectivity index (χ1n) is 22.9. The van der Waals surface area contributed by atoms with Gasteiger partial charge in [-0.25, -0.2) is 4.57 Å². The number of aliphatic hydroxyl groups is 2. The van der Waals surface area contributed by atoms with Gasteiger partial charge in [0.05, 0.1) is 40.0 Å². The molecule has 0 spiro atoms. The van der Waals surface area contributed by atoms with Crippen molar-refractivity contribution in [3.63, 3.8) is 0 Å². The fourth-order valence-corrected chi connectivity index (χ4v) is 6.45. The van der Waals surface area contributed by atoms with E-state index in [1.165, 1.54) is 64.2 Å². The molecular weight excluding hydrogens is 781 g/mol. The number of hydrogen-bond acceptors (Lipinski definition) is 9. The SMILES string of the molecule is CCCCC/C=C\C/C=C\CCCCCCCCCC(=O)OC[C@H](COP(=O)(O)OCC[N+](C)(C)C)OC(=O)CCC[C@@H](O)\C=C/C=C/C=C/[C@@H](O)C/C=C\CCCCC. The largest absolute Gasteiger partial charge is 0.472 e. The number of nitrogens with zero attached hydrogens (tertiary/aromatic N) is 1. The number of hydrogen-bond donors (Lipinski definition) is 3. The van der Waals surface area contributed by atoms with Gasteiger partial charge in [-0.15, -0.1) is 0 Å². The second kappa shape index (κ2) is 39.2. The van der Waals surface area contributed by atoms with Crippen molar-refractivity contribution in [2.45, 2.75) is 173 Å². The molecule has 0 aromatic rings. The molecule has 0 saturated carbocycles. The van der Waals surface area contributed by atoms with E-state index in [1.807, 2.05) is 27.2 Å². The van der Waals surface area contributed by atoms with Crippen LogP contribution >= 0.6 is 7.82 Å². The number of likely N-dealkylation sites (N-methyl/N-ethyl adjacent to an activating group) is 1. The first kappa shape index (κ1) is 57.4. The summed E-state index contributed by atoms with van der Waals surface area (Å²) in [5.74, 6) is -1.05. The van der Waals surface area contributed by atoms with Crippen molar-refractivity contribution in [2.24, 2.45) is 0 Å². The maximum absolute atomic E-state index is 12.7. The molecule has 1 unspecified atom stereocenters. The Kier molecular flexibility index (Phi) is 37.5. The van der Waals surface area contributed by atoms with Crippen molar-refractivity contribution < 1.29 is 52.3 Å². The van der Waals surface area contributed by atoms with E-state index in [1.54, 1.807) is 36.5 Å². The third kappa shape index (κ3) is 42.1. The average molecular weight is 867 g/mol. The number of phosphoric acid groups is 1. The molecule has 11 nitrogen and oxygen atoms in total. The van der Waals surface area contributed by atoms with Gasteiger partial charge in [-0.1, -0.05) is 145 Å². The van der Waals surface area contributed by atoms with Crippen LogP contribution < -0.4 is 0 Å². The first-order chi connectivity index (χ1) is 28.8. The van der Waals surface area contributed by atoms with Gasteiger partial charge >= 0.3 is 19.8 Å². The molecule has 60 heavy (non-hydrogen) atoms. The lowest BCUT2D eigenvalue weighted by atomic mass is 10.1. The number of quaternary nitrogens is 1. The lowest BCUT2D eigenvalue weighted by Gasteiger charge is -2.24. The molecule has 346 valence electrons. The number of phosphoric ester groups is 1. The van der Waals surface area contributed by atoms with Gasteiger partial charge in [0, 0.05) is 12.8 Å². The zero-order valence-electron chi connectivity index (χ0n) is 38.1. The Labute approximate surface area is 364 Å². The molecule has 0 aromatic heterocycles. The summed E-state index contributed by atoms with van der Waals surface area (Å²) in [6.07, 6.45) is 41.5. The molecule has 3 N–H and O–H groups in total. The molecule has 0 heterocycles. The summed E-state index contributed by atoms with van der Waals surface area (Å²) < 4.78 is 34.1. The molecule has 0 fully saturated rings. The lowest BCUT2D eigenvalue weighted by Crippen LogP contribution is -2.37. The number of carbonyl (C=O) groups is 2. The van der Waals surface area contributed by atoms with Crippen molar-refractivity contribution in [2.75, 3.05) is 47.5 Å². The molecule has 0 amide bonds. The number of aliphatic hydroxyl groups excluding tert-OH is 2. The molecule has 0 saturated heterocycles. The third-order valence-corrected chi connectivity index (χ3v) is 10.4. The summed E-state index contributed by atoms with van der Waals surface area (Å²) in [5.41, 5.74) is 0. The van der Waals surface area contributed by atoms with Crippen LogP contribution in [0.1, 0.15) is 155 Å². The van der Waals surface area contributed by atoms with Gasteiger partial charge in [-0.3, -0.25) is 18.6 Å². The molecule has 12 heteroatoms. The summed E-state index contributed by atoms with van der Waals surface area (Å²) in [7, 11) is 1.31. The van der Waals surface area contributed by atoms with Gasteiger partial charge in [0.15, 0.2) is 6.10 Å². The lowest BCUT2D eigenvalue weighted by molar-refractivity contribution is -0.870. The van der Waals surface area contributed by atoms with E-state index in [9.17, 15) is 29.3 Å². The maximum Gasteiger partial charge on any atom is 0.472 e. The minimum atomic E-state index is -4.45. The number of rotatable bonds is 40. The van der Waals surface area contributed by atoms with Gasteiger partial charge in [0.25, 0.3) is 0 Å². The Morgan fingerprint density at radius 3 is 1.75 bits per heavy atom. The predicted octanol–water partition coefficient (Wildman–Crippen LogP) is 11.0. The standard InChI is InChI=1S/C48H84NO10P/c1-6-8-10-12-14-15-16-17-18-19-20-21-22-23-24-26-32-38-47(52)56-42-46(43-58-60(54,55)57-41-40-49(3,4)5)59-48(53)39-33-37-45(51)36-31-28-27-30-35-44(50)34-29-25-13-11-9-7-2/h14-15,17-18,25,27-31,35-36,44-46,50-51H,6-13,16,19-24,26,32-34,37-43H2,1-5H3/p+1/b15-14-,18-17-,28-27+,29-25-,35-30+,36-31-/t44-,45-,46+/m0/s1. The fourth-order valence-electron chi connectivity index (χ4n) is 5.71. The van der Waals surface area contributed by atoms with Crippen LogP contribution in [-0.4, -0.2) is 97.3 Å². The van der Waals surface area contributed by atoms with Crippen molar-refractivity contribution in [3.05, 3.63) is 72.9 Å². The first-order valence-corrected chi connectivity index (χ1v) is 24.4. The summed E-state index contributed by atoms with van der Waals surface area (Å²) in [6.45, 7) is 4.02. The highest BCUT2D eigenvalue weighted by Crippen LogP contribution is 2.43. The van der Waals surface area contributed by atoms with E-state index in [-0.39, 0.29) is 26.1 Å². The van der Waals surface area contributed by atoms with Crippen LogP contribution in [0.4, 0.5) is 0 Å². The Bertz CT molecular complexity index is 1290. The monoisotopic (exact) mass is 867 g/mol. The van der Waals surface area contributed by atoms with E-state index in [2.05, 4.69) is 44.2 Å². The van der Waals surface area contributed by atoms with Crippen molar-refractivity contribution in [1.82, 2.24) is 0 Å². The van der Waals surface area contributed by atoms with Crippen LogP contribution in [0.3, 0.4) is 0 Å². The van der Waals surface area contributed by atoms with Gasteiger partial charge in [0.2, 0.25) is 0 Å². The second-order valence-electron chi connectivity index (χ2n) is 16.5. The summed E-state index contributed by atoms with van der Waals surface area (Å²) in [6, 6.07) is 0. The second-order valence-corrected chi connectivity index (χ2v) is 17.9. The number of unbranched alkanes of at least 4 members (excludes halogenated alkanes) is 13. The summed E-state index contributed by atoms with van der Waals surface area (Å²) >= 11 is 0. The molecule has 0 aliphatic heterocycles. The topological polar surface area (TPSA) is 149 Å². The minimum Gasteiger partial charge on any atom is -0.462 e. The molecule has 0 aliphatic rings. The highest BCUT2D eigenvalue weighted by atomic mass is 31.2. The number of esters is 2. The number of carbonyl (C=O) groups excluding carboxylic acids is 2. The van der Waals surface area contributed by atoms with Crippen LogP contribution in [-0.2, 0) is 32.7 Å². The molecular formula is C48H85NO10P+. The van der Waals surface area contributed by atoms with Crippen molar-refractivity contribution in [3.8, 4) is 0 Å². The predicted molar refractivity (Wildman–Crippen MR) is 245 cm³/mol. The average Bonchev–Trinajstić information content (AvgIpc) is 3.19. The molecule has 4 atom stereocenters. The number of allylic oxidation sites excluding steroid dienone is 9. The summed E-state index contributed by atoms with van der Waals surface area (Å²) in [4.78, 5) is 35.4. The minimum absolute atomic E-state index is 0.0189. The Hall–Kier alpha value is -2.63. The normalized spacial score (nSPS) is 15.3. The highest BCUT2D eigenvalue weighted by Gasteiger charge is 2.27. The van der Waals surface area contributed by atoms with Crippen molar-refractivity contribution in [1.29, 1.82) is 0 Å². The zero-order valence-corrected chi connectivity index (χ0v) is 39.0. The molecule has 0 rings (SSSR count). The molecule has 0 aliphatic carbocycles. The van der Waals surface area contributed by atoms with E-state index < -0.39 is 44.7 Å². The Morgan fingerprint density at radius 1 is 0.617 bits per heavy atom. The van der Waals surface area contributed by atoms with E-state index in [0.717, 1.165) is 38.5 Å². The molecule has 0 radical (unpaired) electrons. The maximum atomic E-state index is 12.7. The van der Waals surface area contributed by atoms with Gasteiger partial charge < -0.3 is 29.1 Å². The quantitative estimate of drug-likeness (QED) is 0.0136. The van der Waals surface area contributed by atoms with Gasteiger partial charge in [-0.2, -0.15) is 0 Å². The van der Waals surface area contributed by atoms with Crippen LogP contribution in [0.5, 0.6) is 0 Å². The molecule has 0 bridgehead atoms. The Morgan fingerprint density at radius 2 is 1.15 bits per heavy atom. The van der Waals surface area contributed by atoms with Crippen LogP contribution in [0.2, 0.25) is 0 Å². The van der Waals surface area contributed by atoms with Gasteiger partial charge in [0.1, 0.15) is 19.8 Å². The van der Waals surface area contributed by atoms with E-state index in [4.69, 9.17) is 18.5 Å². The van der Waals surface area contributed by atoms with E-state index in [0.29, 0.717) is 36.7 Å². The van der Waals surface area contributed by atoms with Crippen LogP contribution in [0.25, 0.3) is 0 Å². The highest BCUT2D eigenvalue weighted by molar-refractivity contribution is 7.47. The third-order valence-electron chi connectivity index (χ3n) is 9.40. The van der Waals surface area contributed by atoms with Gasteiger partial charge in [-0.05, 0) is 70.6 Å². The van der Waals surface area contributed by atoms with Crippen LogP contribution in [0.15, 0.2) is 72.9 Å². The Balaban J connectivity index is 4.62. The van der Waals surface area contributed by atoms with Crippen LogP contribution in [0, 0.1) is 0 Å². The smallest absolute Gasteiger partial charge is 0.462 e. The van der Waals surface area contributed by atoms with E-state index >= 15 is 0 Å². The fraction of sp³-hybridized carbons (Fsp3) is 0.708. The van der Waals surface area contributed by atoms with Crippen molar-refractivity contribution >= 4 is 19.8 Å². The molecule has 0 aromatic carbocycles. The number of ether oxygens (including phenoxy) is 2. The summed E-state index contributed by atoms with van der Waals surface area (Å²) in [5, 5.41) is 20.4. The zero-order chi connectivity index (χ0) is 44.6.